The molecule has 6 aromatic carbocycles. The second-order valence-corrected chi connectivity index (χ2v) is 11.1. The number of aromatic nitrogens is 4. The number of hydrogen-bond acceptors (Lipinski definition) is 5. The lowest BCUT2D eigenvalue weighted by atomic mass is 10.0. The molecule has 0 amide bonds. The van der Waals surface area contributed by atoms with Crippen LogP contribution in [-0.4, -0.2) is 19.9 Å². The van der Waals surface area contributed by atoms with Crippen LogP contribution in [0.3, 0.4) is 0 Å². The van der Waals surface area contributed by atoms with Crippen LogP contribution in [0.2, 0.25) is 0 Å². The Morgan fingerprint density at radius 2 is 0.978 bits per heavy atom. The van der Waals surface area contributed by atoms with Crippen molar-refractivity contribution in [1.82, 2.24) is 19.9 Å². The van der Waals surface area contributed by atoms with Gasteiger partial charge in [0.1, 0.15) is 5.58 Å². The molecule has 9 aromatic rings. The quantitative estimate of drug-likeness (QED) is 0.209. The summed E-state index contributed by atoms with van der Waals surface area (Å²) in [6.45, 7) is 0. The van der Waals surface area contributed by atoms with Gasteiger partial charge in [0, 0.05) is 27.6 Å². The van der Waals surface area contributed by atoms with Gasteiger partial charge in [0.15, 0.2) is 17.5 Å². The molecule has 5 heteroatoms. The first-order valence-electron chi connectivity index (χ1n) is 14.9. The van der Waals surface area contributed by atoms with E-state index in [4.69, 9.17) is 24.4 Å². The van der Waals surface area contributed by atoms with E-state index in [0.717, 1.165) is 55.1 Å². The lowest BCUT2D eigenvalue weighted by molar-refractivity contribution is 0.654. The number of hydrogen-bond donors (Lipinski definition) is 0. The van der Waals surface area contributed by atoms with Crippen molar-refractivity contribution in [1.29, 1.82) is 0 Å². The molecule has 0 spiro atoms. The first kappa shape index (κ1) is 25.3. The van der Waals surface area contributed by atoms with Gasteiger partial charge in [-0.15, -0.1) is 0 Å². The second-order valence-electron chi connectivity index (χ2n) is 11.1. The van der Waals surface area contributed by atoms with Gasteiger partial charge in [-0.25, -0.2) is 19.9 Å². The van der Waals surface area contributed by atoms with Gasteiger partial charge in [-0.05, 0) is 45.8 Å². The number of rotatable bonds is 4. The average Bonchev–Trinajstić information content (AvgIpc) is 3.49. The Morgan fingerprint density at radius 1 is 0.400 bits per heavy atom. The van der Waals surface area contributed by atoms with Crippen LogP contribution < -0.4 is 0 Å². The SMILES string of the molecule is c1ccc(-c2nc(-c3ccc4ccccc4c3)nc(-c3cc(-c4ccc5ccccc5c4)nc4oc5ccccc5c34)n2)cc1. The van der Waals surface area contributed by atoms with Crippen LogP contribution >= 0.6 is 0 Å². The van der Waals surface area contributed by atoms with E-state index in [2.05, 4.69) is 84.9 Å². The van der Waals surface area contributed by atoms with E-state index in [-0.39, 0.29) is 0 Å². The summed E-state index contributed by atoms with van der Waals surface area (Å²) in [6.07, 6.45) is 0. The predicted molar refractivity (Wildman–Crippen MR) is 182 cm³/mol. The molecule has 0 unspecified atom stereocenters. The molecule has 0 aliphatic heterocycles. The number of pyridine rings is 1. The fraction of sp³-hybridized carbons (Fsp3) is 0. The largest absolute Gasteiger partial charge is 0.438 e. The van der Waals surface area contributed by atoms with Crippen LogP contribution in [0.15, 0.2) is 150 Å². The smallest absolute Gasteiger partial charge is 0.228 e. The normalized spacial score (nSPS) is 11.6. The van der Waals surface area contributed by atoms with Crippen LogP contribution in [0.4, 0.5) is 0 Å². The summed E-state index contributed by atoms with van der Waals surface area (Å²) in [4.78, 5) is 20.2. The third-order valence-corrected chi connectivity index (χ3v) is 8.31. The summed E-state index contributed by atoms with van der Waals surface area (Å²) in [7, 11) is 0. The standard InChI is InChI=1S/C40H24N4O/c1-2-12-27(13-3-1)37-42-38(31-21-19-26-11-5-7-15-29(26)23-31)44-39(43-37)33-24-34(30-20-18-25-10-4-6-14-28(25)22-30)41-40-36(33)32-16-8-9-17-35(32)45-40/h1-24H. The average molecular weight is 577 g/mol. The Labute approximate surface area is 258 Å². The van der Waals surface area contributed by atoms with Crippen LogP contribution in [0.1, 0.15) is 0 Å². The molecule has 0 bridgehead atoms. The first-order valence-corrected chi connectivity index (χ1v) is 14.9. The van der Waals surface area contributed by atoms with Crippen molar-refractivity contribution in [3.63, 3.8) is 0 Å². The first-order chi connectivity index (χ1) is 22.3. The number of benzene rings is 6. The summed E-state index contributed by atoms with van der Waals surface area (Å²) in [5, 5.41) is 6.46. The molecule has 0 atom stereocenters. The number of para-hydroxylation sites is 1. The van der Waals surface area contributed by atoms with Crippen molar-refractivity contribution >= 4 is 43.6 Å². The molecule has 0 aliphatic rings. The molecule has 3 heterocycles. The molecule has 3 aromatic heterocycles. The third-order valence-electron chi connectivity index (χ3n) is 8.31. The lowest BCUT2D eigenvalue weighted by Gasteiger charge is -2.11. The minimum Gasteiger partial charge on any atom is -0.438 e. The maximum atomic E-state index is 6.36. The topological polar surface area (TPSA) is 64.7 Å². The molecule has 5 nitrogen and oxygen atoms in total. The zero-order valence-corrected chi connectivity index (χ0v) is 24.1. The summed E-state index contributed by atoms with van der Waals surface area (Å²) < 4.78 is 6.36. The minimum atomic E-state index is 0.547. The molecular formula is C40H24N4O. The highest BCUT2D eigenvalue weighted by atomic mass is 16.3. The van der Waals surface area contributed by atoms with Gasteiger partial charge >= 0.3 is 0 Å². The Balaban J connectivity index is 1.33. The molecule has 45 heavy (non-hydrogen) atoms. The fourth-order valence-electron chi connectivity index (χ4n) is 6.07. The van der Waals surface area contributed by atoms with Gasteiger partial charge in [0.2, 0.25) is 5.71 Å². The van der Waals surface area contributed by atoms with Crippen molar-refractivity contribution in [2.45, 2.75) is 0 Å². The maximum absolute atomic E-state index is 6.36. The molecule has 9 rings (SSSR count). The van der Waals surface area contributed by atoms with Crippen LogP contribution in [-0.2, 0) is 0 Å². The molecule has 210 valence electrons. The monoisotopic (exact) mass is 576 g/mol. The molecule has 0 saturated heterocycles. The maximum Gasteiger partial charge on any atom is 0.228 e. The molecule has 0 N–H and O–H groups in total. The summed E-state index contributed by atoms with van der Waals surface area (Å²) in [6, 6.07) is 49.5. The van der Waals surface area contributed by atoms with Crippen LogP contribution in [0.25, 0.3) is 89.0 Å². The van der Waals surface area contributed by atoms with E-state index in [1.165, 1.54) is 10.8 Å². The van der Waals surface area contributed by atoms with Gasteiger partial charge in [-0.3, -0.25) is 0 Å². The van der Waals surface area contributed by atoms with Crippen molar-refractivity contribution < 1.29 is 4.42 Å². The van der Waals surface area contributed by atoms with Gasteiger partial charge < -0.3 is 4.42 Å². The molecule has 0 saturated carbocycles. The lowest BCUT2D eigenvalue weighted by Crippen LogP contribution is -2.01. The highest BCUT2D eigenvalue weighted by molar-refractivity contribution is 6.11. The van der Waals surface area contributed by atoms with Crippen molar-refractivity contribution in [3.05, 3.63) is 146 Å². The molecule has 0 aliphatic carbocycles. The van der Waals surface area contributed by atoms with Crippen molar-refractivity contribution in [2.24, 2.45) is 0 Å². The van der Waals surface area contributed by atoms with E-state index >= 15 is 0 Å². The van der Waals surface area contributed by atoms with E-state index in [1.807, 2.05) is 60.7 Å². The predicted octanol–water partition coefficient (Wildman–Crippen LogP) is 10.1. The minimum absolute atomic E-state index is 0.547. The van der Waals surface area contributed by atoms with Gasteiger partial charge in [0.25, 0.3) is 0 Å². The highest BCUT2D eigenvalue weighted by Crippen LogP contribution is 2.38. The molecular weight excluding hydrogens is 552 g/mol. The Morgan fingerprint density at radius 3 is 1.73 bits per heavy atom. The van der Waals surface area contributed by atoms with Crippen molar-refractivity contribution in [3.8, 4) is 45.4 Å². The summed E-state index contributed by atoms with van der Waals surface area (Å²) in [5.74, 6) is 1.77. The van der Waals surface area contributed by atoms with E-state index in [0.29, 0.717) is 23.2 Å². The Hall–Kier alpha value is -6.20. The van der Waals surface area contributed by atoms with E-state index in [9.17, 15) is 0 Å². The molecule has 0 fully saturated rings. The zero-order valence-electron chi connectivity index (χ0n) is 24.1. The van der Waals surface area contributed by atoms with Gasteiger partial charge in [-0.1, -0.05) is 121 Å². The zero-order chi connectivity index (χ0) is 29.7. The number of nitrogens with zero attached hydrogens (tertiary/aromatic N) is 4. The summed E-state index contributed by atoms with van der Waals surface area (Å²) in [5.41, 5.74) is 5.78. The third kappa shape index (κ3) is 4.41. The van der Waals surface area contributed by atoms with E-state index < -0.39 is 0 Å². The van der Waals surface area contributed by atoms with Crippen LogP contribution in [0.5, 0.6) is 0 Å². The van der Waals surface area contributed by atoms with Gasteiger partial charge in [-0.2, -0.15) is 0 Å². The van der Waals surface area contributed by atoms with E-state index in [1.54, 1.807) is 0 Å². The number of furan rings is 1. The second kappa shape index (κ2) is 10.2. The van der Waals surface area contributed by atoms with Crippen molar-refractivity contribution in [2.75, 3.05) is 0 Å². The summed E-state index contributed by atoms with van der Waals surface area (Å²) >= 11 is 0. The molecule has 0 radical (unpaired) electrons. The highest BCUT2D eigenvalue weighted by Gasteiger charge is 2.20. The Bertz CT molecular complexity index is 2550. The number of fused-ring (bicyclic) bond motifs is 5. The van der Waals surface area contributed by atoms with Crippen LogP contribution in [0, 0.1) is 0 Å². The fourth-order valence-corrected chi connectivity index (χ4v) is 6.07. The van der Waals surface area contributed by atoms with Gasteiger partial charge in [0.05, 0.1) is 11.1 Å². The Kier molecular flexibility index (Phi) is 5.74.